The Bertz CT molecular complexity index is 1070. The highest BCUT2D eigenvalue weighted by atomic mass is 16.5. The van der Waals surface area contributed by atoms with Crippen LogP contribution in [0.2, 0.25) is 0 Å². The van der Waals surface area contributed by atoms with Gasteiger partial charge in [0.25, 0.3) is 5.91 Å². The van der Waals surface area contributed by atoms with Gasteiger partial charge in [-0.15, -0.1) is 0 Å². The summed E-state index contributed by atoms with van der Waals surface area (Å²) >= 11 is 0. The predicted molar refractivity (Wildman–Crippen MR) is 127 cm³/mol. The summed E-state index contributed by atoms with van der Waals surface area (Å²) in [4.78, 5) is 52.9. The molecule has 1 aromatic carbocycles. The number of imide groups is 1. The second-order valence-corrected chi connectivity index (χ2v) is 8.41. The van der Waals surface area contributed by atoms with Crippen LogP contribution in [-0.4, -0.2) is 64.5 Å². The number of benzene rings is 1. The van der Waals surface area contributed by atoms with Gasteiger partial charge in [-0.2, -0.15) is 0 Å². The summed E-state index contributed by atoms with van der Waals surface area (Å²) in [5.41, 5.74) is 0.443. The third-order valence-electron chi connectivity index (χ3n) is 5.46. The van der Waals surface area contributed by atoms with Gasteiger partial charge < -0.3 is 19.2 Å². The second kappa shape index (κ2) is 12.0. The van der Waals surface area contributed by atoms with Crippen molar-refractivity contribution in [3.63, 3.8) is 0 Å². The van der Waals surface area contributed by atoms with E-state index in [-0.39, 0.29) is 18.8 Å². The number of anilines is 1. The molecule has 0 spiro atoms. The minimum absolute atomic E-state index is 0.105. The van der Waals surface area contributed by atoms with Crippen molar-refractivity contribution in [2.45, 2.75) is 52.1 Å². The standard InChI is InChI=1S/C25H31N3O7/c1-18(2)26(15-19-9-5-6-10-20(19)34-13-7-3-4-12-24(31)32)25(33)28-17-21(29)27(16-22(28)30)23-11-8-14-35-23/h5-6,8-11,14,18H,3-4,7,12-13,15-17H2,1-2H3,(H,31,32)/i15D. The van der Waals surface area contributed by atoms with E-state index in [9.17, 15) is 19.2 Å². The first-order chi connectivity index (χ1) is 17.2. The zero-order chi connectivity index (χ0) is 26.2. The van der Waals surface area contributed by atoms with E-state index in [0.717, 1.165) is 4.90 Å². The van der Waals surface area contributed by atoms with Gasteiger partial charge in [0.15, 0.2) is 0 Å². The number of piperazine rings is 1. The van der Waals surface area contributed by atoms with Crippen molar-refractivity contribution in [3.05, 3.63) is 48.2 Å². The fraction of sp³-hybridized carbons (Fsp3) is 0.440. The fourth-order valence-corrected chi connectivity index (χ4v) is 3.59. The van der Waals surface area contributed by atoms with Gasteiger partial charge in [0.2, 0.25) is 11.8 Å². The topological polar surface area (TPSA) is 121 Å². The molecule has 10 nitrogen and oxygen atoms in total. The molecule has 2 heterocycles. The Kier molecular flexibility index (Phi) is 8.37. The second-order valence-electron chi connectivity index (χ2n) is 8.41. The molecule has 1 atom stereocenters. The number of amides is 4. The van der Waals surface area contributed by atoms with Gasteiger partial charge in [-0.05, 0) is 45.2 Å². The van der Waals surface area contributed by atoms with E-state index in [1.165, 1.54) is 16.1 Å². The number of urea groups is 1. The van der Waals surface area contributed by atoms with Gasteiger partial charge in [0.1, 0.15) is 18.8 Å². The number of hydrogen-bond donors (Lipinski definition) is 1. The van der Waals surface area contributed by atoms with Gasteiger partial charge >= 0.3 is 12.0 Å². The predicted octanol–water partition coefficient (Wildman–Crippen LogP) is 3.51. The van der Waals surface area contributed by atoms with Crippen LogP contribution in [-0.2, 0) is 20.9 Å². The van der Waals surface area contributed by atoms with Gasteiger partial charge in [0, 0.05) is 24.1 Å². The number of rotatable bonds is 11. The van der Waals surface area contributed by atoms with Crippen molar-refractivity contribution >= 4 is 29.7 Å². The Morgan fingerprint density at radius 2 is 1.89 bits per heavy atom. The molecule has 1 unspecified atom stereocenters. The SMILES string of the molecule is [2H]C(c1ccccc1OCCCCCC(=O)O)N(C(=O)N1CC(=O)N(c2ccco2)CC1=O)C(C)C. The lowest BCUT2D eigenvalue weighted by atomic mass is 10.1. The van der Waals surface area contributed by atoms with E-state index in [4.69, 9.17) is 15.6 Å². The smallest absolute Gasteiger partial charge is 0.327 e. The molecule has 0 saturated carbocycles. The highest BCUT2D eigenvalue weighted by molar-refractivity contribution is 6.09. The Hall–Kier alpha value is -3.82. The largest absolute Gasteiger partial charge is 0.493 e. The van der Waals surface area contributed by atoms with Crippen molar-refractivity contribution in [2.75, 3.05) is 24.6 Å². The van der Waals surface area contributed by atoms with Crippen molar-refractivity contribution in [2.24, 2.45) is 0 Å². The molecule has 188 valence electrons. The van der Waals surface area contributed by atoms with Crippen molar-refractivity contribution in [1.29, 1.82) is 0 Å². The number of furan rings is 1. The van der Waals surface area contributed by atoms with Gasteiger partial charge in [0.05, 0.1) is 20.8 Å². The molecule has 4 amide bonds. The number of carboxylic acid groups (broad SMARTS) is 1. The van der Waals surface area contributed by atoms with E-state index in [1.54, 1.807) is 50.2 Å². The number of unbranched alkanes of at least 4 members (excludes halogenated alkanes) is 2. The normalized spacial score (nSPS) is 15.2. The average Bonchev–Trinajstić information content (AvgIpc) is 3.37. The van der Waals surface area contributed by atoms with Crippen LogP contribution in [0.1, 0.15) is 46.5 Å². The molecule has 1 aliphatic heterocycles. The lowest BCUT2D eigenvalue weighted by Crippen LogP contribution is -2.59. The van der Waals surface area contributed by atoms with Crippen LogP contribution >= 0.6 is 0 Å². The van der Waals surface area contributed by atoms with Crippen LogP contribution in [0.4, 0.5) is 10.7 Å². The number of carbonyl (C=O) groups excluding carboxylic acids is 3. The van der Waals surface area contributed by atoms with Crippen LogP contribution in [0.25, 0.3) is 0 Å². The van der Waals surface area contributed by atoms with E-state index < -0.39 is 42.9 Å². The number of para-hydroxylation sites is 1. The third kappa shape index (κ3) is 6.84. The lowest BCUT2D eigenvalue weighted by Gasteiger charge is -2.36. The summed E-state index contributed by atoms with van der Waals surface area (Å²) < 4.78 is 19.9. The summed E-state index contributed by atoms with van der Waals surface area (Å²) in [6.07, 6.45) is 3.39. The maximum atomic E-state index is 13.4. The Morgan fingerprint density at radius 3 is 2.57 bits per heavy atom. The lowest BCUT2D eigenvalue weighted by molar-refractivity contribution is -0.137. The van der Waals surface area contributed by atoms with E-state index in [2.05, 4.69) is 0 Å². The molecule has 2 aromatic rings. The van der Waals surface area contributed by atoms with Crippen LogP contribution in [0.3, 0.4) is 0 Å². The number of carboxylic acids is 1. The summed E-state index contributed by atoms with van der Waals surface area (Å²) in [7, 11) is 0. The molecular weight excluding hydrogens is 454 g/mol. The van der Waals surface area contributed by atoms with Gasteiger partial charge in [-0.1, -0.05) is 18.2 Å². The zero-order valence-corrected chi connectivity index (χ0v) is 19.9. The summed E-state index contributed by atoms with van der Waals surface area (Å²) in [5.74, 6) is -1.21. The molecule has 0 aliphatic carbocycles. The maximum Gasteiger partial charge on any atom is 0.327 e. The number of carbonyl (C=O) groups is 4. The maximum absolute atomic E-state index is 13.4. The summed E-state index contributed by atoms with van der Waals surface area (Å²) in [5, 5.41) is 8.73. The Labute approximate surface area is 205 Å². The van der Waals surface area contributed by atoms with Crippen LogP contribution in [0.5, 0.6) is 5.75 Å². The Morgan fingerprint density at radius 1 is 1.11 bits per heavy atom. The molecule has 0 radical (unpaired) electrons. The van der Waals surface area contributed by atoms with Gasteiger partial charge in [-0.25, -0.2) is 4.79 Å². The van der Waals surface area contributed by atoms with Crippen molar-refractivity contribution < 1.29 is 34.8 Å². The number of ether oxygens (including phenoxy) is 1. The molecule has 0 bridgehead atoms. The minimum Gasteiger partial charge on any atom is -0.493 e. The minimum atomic E-state index is -1.19. The molecule has 1 aromatic heterocycles. The average molecular weight is 487 g/mol. The van der Waals surface area contributed by atoms with Crippen molar-refractivity contribution in [1.82, 2.24) is 9.80 Å². The first-order valence-corrected chi connectivity index (χ1v) is 11.5. The fourth-order valence-electron chi connectivity index (χ4n) is 3.59. The highest BCUT2D eigenvalue weighted by Crippen LogP contribution is 2.24. The number of nitrogens with zero attached hydrogens (tertiary/aromatic N) is 3. The van der Waals surface area contributed by atoms with Crippen molar-refractivity contribution in [3.8, 4) is 5.75 Å². The van der Waals surface area contributed by atoms with E-state index >= 15 is 0 Å². The van der Waals surface area contributed by atoms with Crippen LogP contribution in [0.15, 0.2) is 47.1 Å². The molecule has 35 heavy (non-hydrogen) atoms. The first-order valence-electron chi connectivity index (χ1n) is 12.1. The van der Waals surface area contributed by atoms with E-state index in [1.807, 2.05) is 0 Å². The number of hydrogen-bond acceptors (Lipinski definition) is 6. The van der Waals surface area contributed by atoms with E-state index in [0.29, 0.717) is 37.2 Å². The summed E-state index contributed by atoms with van der Waals surface area (Å²) in [6.45, 7) is 1.82. The van der Waals surface area contributed by atoms with Gasteiger partial charge in [-0.3, -0.25) is 24.2 Å². The quantitative estimate of drug-likeness (QED) is 0.483. The molecule has 1 N–H and O–H groups in total. The Balaban J connectivity index is 1.70. The van der Waals surface area contributed by atoms with Crippen LogP contribution in [0, 0.1) is 0 Å². The van der Waals surface area contributed by atoms with Crippen LogP contribution < -0.4 is 9.64 Å². The summed E-state index contributed by atoms with van der Waals surface area (Å²) in [6, 6.07) is 8.86. The first kappa shape index (κ1) is 24.3. The molecule has 3 rings (SSSR count). The monoisotopic (exact) mass is 486 g/mol. The molecule has 10 heteroatoms. The molecule has 1 aliphatic rings. The zero-order valence-electron chi connectivity index (χ0n) is 20.9. The number of aliphatic carboxylic acids is 1. The molecule has 1 saturated heterocycles. The highest BCUT2D eigenvalue weighted by Gasteiger charge is 2.38. The third-order valence-corrected chi connectivity index (χ3v) is 5.46. The molecule has 1 fully saturated rings. The molecular formula is C25H31N3O7.